The summed E-state index contributed by atoms with van der Waals surface area (Å²) in [5.41, 5.74) is 3.40. The summed E-state index contributed by atoms with van der Waals surface area (Å²) in [6.07, 6.45) is 4.35. The number of piperidine rings is 1. The molecular weight excluding hydrogens is 214 g/mol. The van der Waals surface area contributed by atoms with Crippen LogP contribution in [0, 0.1) is 0 Å². The van der Waals surface area contributed by atoms with E-state index < -0.39 is 0 Å². The van der Waals surface area contributed by atoms with E-state index in [2.05, 4.69) is 29.6 Å². The van der Waals surface area contributed by atoms with Gasteiger partial charge in [0.05, 0.1) is 0 Å². The first-order chi connectivity index (χ1) is 8.00. The van der Waals surface area contributed by atoms with Gasteiger partial charge in [0.15, 0.2) is 0 Å². The van der Waals surface area contributed by atoms with Gasteiger partial charge in [-0.25, -0.2) is 5.01 Å². The van der Waals surface area contributed by atoms with Gasteiger partial charge in [0, 0.05) is 31.1 Å². The molecule has 4 heteroatoms. The fourth-order valence-corrected chi connectivity index (χ4v) is 2.43. The van der Waals surface area contributed by atoms with Gasteiger partial charge in [0.25, 0.3) is 0 Å². The zero-order chi connectivity index (χ0) is 12.8. The average Bonchev–Trinajstić information content (AvgIpc) is 2.21. The van der Waals surface area contributed by atoms with Crippen molar-refractivity contribution in [2.45, 2.75) is 71.5 Å². The summed E-state index contributed by atoms with van der Waals surface area (Å²) in [5, 5.41) is 5.22. The lowest BCUT2D eigenvalue weighted by Crippen LogP contribution is -2.52. The lowest BCUT2D eigenvalue weighted by Gasteiger charge is -2.39. The highest BCUT2D eigenvalue weighted by Crippen LogP contribution is 2.19. The van der Waals surface area contributed by atoms with Gasteiger partial charge in [-0.3, -0.25) is 10.2 Å². The minimum absolute atomic E-state index is 0.129. The third kappa shape index (κ3) is 5.04. The van der Waals surface area contributed by atoms with Crippen molar-refractivity contribution in [1.82, 2.24) is 15.8 Å². The molecule has 4 nitrogen and oxygen atoms in total. The van der Waals surface area contributed by atoms with Gasteiger partial charge in [-0.2, -0.15) is 0 Å². The van der Waals surface area contributed by atoms with Crippen molar-refractivity contribution in [3.8, 4) is 0 Å². The number of nitrogens with one attached hydrogen (secondary N) is 2. The van der Waals surface area contributed by atoms with Gasteiger partial charge in [-0.1, -0.05) is 6.42 Å². The Morgan fingerprint density at radius 1 is 1.29 bits per heavy atom. The Labute approximate surface area is 105 Å². The van der Waals surface area contributed by atoms with Crippen LogP contribution in [-0.2, 0) is 4.79 Å². The molecule has 1 aliphatic heterocycles. The Hall–Kier alpha value is -0.610. The topological polar surface area (TPSA) is 44.4 Å². The van der Waals surface area contributed by atoms with E-state index in [1.165, 1.54) is 19.3 Å². The van der Waals surface area contributed by atoms with E-state index in [0.717, 1.165) is 6.54 Å². The smallest absolute Gasteiger partial charge is 0.221 e. The molecule has 0 aromatic carbocycles. The molecule has 0 spiro atoms. The molecular formula is C13H27N3O. The molecule has 1 heterocycles. The highest BCUT2D eigenvalue weighted by atomic mass is 16.1. The maximum atomic E-state index is 11.5. The molecule has 0 aromatic rings. The number of carbonyl (C=O) groups excluding carboxylic acids is 1. The summed E-state index contributed by atoms with van der Waals surface area (Å²) in [6.45, 7) is 9.20. The number of rotatable bonds is 5. The highest BCUT2D eigenvalue weighted by molar-refractivity contribution is 5.76. The Kier molecular flexibility index (Phi) is 5.92. The highest BCUT2D eigenvalue weighted by Gasteiger charge is 2.24. The molecule has 1 saturated heterocycles. The van der Waals surface area contributed by atoms with Crippen molar-refractivity contribution < 1.29 is 4.79 Å². The molecule has 1 aliphatic rings. The number of hydrazine groups is 1. The third-order valence-corrected chi connectivity index (χ3v) is 3.29. The first-order valence-corrected chi connectivity index (χ1v) is 6.82. The molecule has 17 heavy (non-hydrogen) atoms. The molecule has 100 valence electrons. The number of amides is 1. The summed E-state index contributed by atoms with van der Waals surface area (Å²) in [7, 11) is 0. The lowest BCUT2D eigenvalue weighted by atomic mass is 10.00. The molecule has 1 rings (SSSR count). The second-order valence-electron chi connectivity index (χ2n) is 5.42. The Morgan fingerprint density at radius 3 is 2.41 bits per heavy atom. The number of carbonyl (C=O) groups is 1. The number of hydrogen-bond donors (Lipinski definition) is 2. The van der Waals surface area contributed by atoms with Crippen LogP contribution >= 0.6 is 0 Å². The van der Waals surface area contributed by atoms with Gasteiger partial charge in [-0.15, -0.1) is 0 Å². The van der Waals surface area contributed by atoms with E-state index in [-0.39, 0.29) is 11.9 Å². The van der Waals surface area contributed by atoms with Crippen LogP contribution in [-0.4, -0.2) is 35.6 Å². The van der Waals surface area contributed by atoms with Gasteiger partial charge < -0.3 is 5.32 Å². The summed E-state index contributed by atoms with van der Waals surface area (Å²) in [5.74, 6) is 0.129. The van der Waals surface area contributed by atoms with Crippen LogP contribution in [0.25, 0.3) is 0 Å². The van der Waals surface area contributed by atoms with Crippen LogP contribution in [0.2, 0.25) is 0 Å². The van der Waals surface area contributed by atoms with Crippen molar-refractivity contribution in [2.24, 2.45) is 0 Å². The minimum Gasteiger partial charge on any atom is -0.354 e. The van der Waals surface area contributed by atoms with E-state index in [1.807, 2.05) is 13.8 Å². The molecule has 2 N–H and O–H groups in total. The van der Waals surface area contributed by atoms with Crippen LogP contribution in [0.1, 0.15) is 53.4 Å². The van der Waals surface area contributed by atoms with E-state index in [0.29, 0.717) is 18.5 Å². The molecule has 1 amide bonds. The normalized spacial score (nSPS) is 26.2. The second-order valence-corrected chi connectivity index (χ2v) is 5.42. The zero-order valence-electron chi connectivity index (χ0n) is 11.6. The van der Waals surface area contributed by atoms with Crippen molar-refractivity contribution in [3.63, 3.8) is 0 Å². The predicted octanol–water partition coefficient (Wildman–Crippen LogP) is 1.67. The SMILES string of the molecule is CC(C)NC(=O)CCNN1C(C)CCCC1C. The molecule has 0 bridgehead atoms. The van der Waals surface area contributed by atoms with Crippen LogP contribution < -0.4 is 10.7 Å². The first kappa shape index (κ1) is 14.5. The summed E-state index contributed by atoms with van der Waals surface area (Å²) in [6, 6.07) is 1.38. The molecule has 2 unspecified atom stereocenters. The molecule has 0 radical (unpaired) electrons. The summed E-state index contributed by atoms with van der Waals surface area (Å²) >= 11 is 0. The van der Waals surface area contributed by atoms with Crippen molar-refractivity contribution in [3.05, 3.63) is 0 Å². The summed E-state index contributed by atoms with van der Waals surface area (Å²) < 4.78 is 0. The van der Waals surface area contributed by atoms with Crippen LogP contribution in [0.3, 0.4) is 0 Å². The quantitative estimate of drug-likeness (QED) is 0.769. The van der Waals surface area contributed by atoms with Gasteiger partial charge in [0.2, 0.25) is 5.91 Å². The molecule has 1 fully saturated rings. The maximum absolute atomic E-state index is 11.5. The van der Waals surface area contributed by atoms with E-state index >= 15 is 0 Å². The van der Waals surface area contributed by atoms with Crippen LogP contribution in [0.4, 0.5) is 0 Å². The molecule has 0 aliphatic carbocycles. The molecule has 0 saturated carbocycles. The largest absolute Gasteiger partial charge is 0.354 e. The van der Waals surface area contributed by atoms with Crippen LogP contribution in [0.5, 0.6) is 0 Å². The van der Waals surface area contributed by atoms with Crippen molar-refractivity contribution >= 4 is 5.91 Å². The molecule has 2 atom stereocenters. The monoisotopic (exact) mass is 241 g/mol. The maximum Gasteiger partial charge on any atom is 0.221 e. The third-order valence-electron chi connectivity index (χ3n) is 3.29. The average molecular weight is 241 g/mol. The van der Waals surface area contributed by atoms with E-state index in [9.17, 15) is 4.79 Å². The lowest BCUT2D eigenvalue weighted by molar-refractivity contribution is -0.121. The van der Waals surface area contributed by atoms with Crippen molar-refractivity contribution in [2.75, 3.05) is 6.54 Å². The standard InChI is InChI=1S/C13H27N3O/c1-10(2)15-13(17)8-9-14-16-11(3)6-5-7-12(16)4/h10-12,14H,5-9H2,1-4H3,(H,15,17). The van der Waals surface area contributed by atoms with Gasteiger partial charge >= 0.3 is 0 Å². The fraction of sp³-hybridized carbons (Fsp3) is 0.923. The second kappa shape index (κ2) is 6.97. The number of hydrogen-bond acceptors (Lipinski definition) is 3. The van der Waals surface area contributed by atoms with Crippen LogP contribution in [0.15, 0.2) is 0 Å². The summed E-state index contributed by atoms with van der Waals surface area (Å²) in [4.78, 5) is 11.5. The van der Waals surface area contributed by atoms with Crippen molar-refractivity contribution in [1.29, 1.82) is 0 Å². The van der Waals surface area contributed by atoms with Gasteiger partial charge in [0.1, 0.15) is 0 Å². The zero-order valence-corrected chi connectivity index (χ0v) is 11.6. The minimum atomic E-state index is 0.129. The Morgan fingerprint density at radius 2 is 1.88 bits per heavy atom. The number of nitrogens with zero attached hydrogens (tertiary/aromatic N) is 1. The van der Waals surface area contributed by atoms with E-state index in [4.69, 9.17) is 0 Å². The first-order valence-electron chi connectivity index (χ1n) is 6.82. The molecule has 0 aromatic heterocycles. The Balaban J connectivity index is 2.22. The Bertz CT molecular complexity index is 233. The van der Waals surface area contributed by atoms with Gasteiger partial charge in [-0.05, 0) is 40.5 Å². The predicted molar refractivity (Wildman–Crippen MR) is 70.5 cm³/mol. The van der Waals surface area contributed by atoms with E-state index in [1.54, 1.807) is 0 Å². The fourth-order valence-electron chi connectivity index (χ4n) is 2.43.